The van der Waals surface area contributed by atoms with Gasteiger partial charge >= 0.3 is 0 Å². The van der Waals surface area contributed by atoms with E-state index in [1.54, 1.807) is 12.1 Å². The molecule has 0 saturated carbocycles. The van der Waals surface area contributed by atoms with Crippen LogP contribution in [0.3, 0.4) is 0 Å². The quantitative estimate of drug-likeness (QED) is 0.697. The first-order valence-electron chi connectivity index (χ1n) is 4.39. The van der Waals surface area contributed by atoms with Crippen molar-refractivity contribution in [3.63, 3.8) is 0 Å². The molecular formula is C10H10ClF3S. The van der Waals surface area contributed by atoms with Crippen LogP contribution < -0.4 is 0 Å². The molecule has 1 atom stereocenters. The molecule has 1 aromatic rings. The second-order valence-corrected chi connectivity index (χ2v) is 4.79. The van der Waals surface area contributed by atoms with Crippen LogP contribution in [0.2, 0.25) is 5.02 Å². The van der Waals surface area contributed by atoms with Crippen LogP contribution in [0, 0.1) is 0 Å². The highest BCUT2D eigenvalue weighted by Gasteiger charge is 2.39. The lowest BCUT2D eigenvalue weighted by Crippen LogP contribution is -2.26. The normalized spacial score (nSPS) is 15.3. The molecule has 0 aliphatic rings. The summed E-state index contributed by atoms with van der Waals surface area (Å²) >= 11 is 6.16. The van der Waals surface area contributed by atoms with Gasteiger partial charge in [-0.1, -0.05) is 30.3 Å². The Morgan fingerprint density at radius 2 is 1.87 bits per heavy atom. The molecule has 0 nitrogen and oxygen atoms in total. The summed E-state index contributed by atoms with van der Waals surface area (Å²) < 4.78 is 38.5. The second kappa shape index (κ2) is 5.12. The molecule has 0 fully saturated rings. The van der Waals surface area contributed by atoms with Crippen molar-refractivity contribution < 1.29 is 13.2 Å². The summed E-state index contributed by atoms with van der Waals surface area (Å²) in [6, 6.07) is 6.15. The van der Waals surface area contributed by atoms with E-state index in [2.05, 4.69) is 0 Å². The van der Waals surface area contributed by atoms with Gasteiger partial charge in [-0.2, -0.15) is 0 Å². The highest BCUT2D eigenvalue weighted by Crippen LogP contribution is 2.41. The molecule has 0 radical (unpaired) electrons. The predicted octanol–water partition coefficient (Wildman–Crippen LogP) is 4.77. The predicted molar refractivity (Wildman–Crippen MR) is 57.4 cm³/mol. The van der Waals surface area contributed by atoms with Crippen molar-refractivity contribution in [2.45, 2.75) is 29.7 Å². The molecule has 1 aromatic carbocycles. The minimum Gasteiger partial charge on any atom is -0.225 e. The zero-order valence-corrected chi connectivity index (χ0v) is 9.59. The Bertz CT molecular complexity index is 315. The van der Waals surface area contributed by atoms with Gasteiger partial charge in [0.15, 0.2) is 0 Å². The second-order valence-electron chi connectivity index (χ2n) is 3.00. The topological polar surface area (TPSA) is 0 Å². The summed E-state index contributed by atoms with van der Waals surface area (Å²) in [5, 5.41) is -2.02. The molecular weight excluding hydrogens is 245 g/mol. The van der Waals surface area contributed by atoms with Crippen molar-refractivity contribution in [1.82, 2.24) is 0 Å². The Morgan fingerprint density at radius 1 is 1.33 bits per heavy atom. The van der Waals surface area contributed by atoms with Crippen molar-refractivity contribution in [1.29, 1.82) is 0 Å². The first-order chi connectivity index (χ1) is 6.98. The molecule has 1 rings (SSSR count). The third kappa shape index (κ3) is 3.31. The number of benzene rings is 1. The summed E-state index contributed by atoms with van der Waals surface area (Å²) in [6.07, 6.45) is -3.24. The molecule has 0 bridgehead atoms. The summed E-state index contributed by atoms with van der Waals surface area (Å²) in [7, 11) is 0. The van der Waals surface area contributed by atoms with Crippen LogP contribution in [0.5, 0.6) is 0 Å². The lowest BCUT2D eigenvalue weighted by atomic mass is 10.3. The summed E-state index contributed by atoms with van der Waals surface area (Å²) in [6.45, 7) is 1.40. The number of thioether (sulfide) groups is 1. The molecule has 0 heterocycles. The fraction of sp³-hybridized carbons (Fsp3) is 0.400. The first-order valence-corrected chi connectivity index (χ1v) is 5.59. The lowest BCUT2D eigenvalue weighted by Gasteiger charge is -2.21. The number of halogens is 4. The smallest absolute Gasteiger partial charge is 0.225 e. The molecule has 84 valence electrons. The zero-order valence-electron chi connectivity index (χ0n) is 8.01. The highest BCUT2D eigenvalue weighted by atomic mass is 35.5. The molecule has 1 unspecified atom stereocenters. The maximum absolute atomic E-state index is 13.6. The Hall–Kier alpha value is -0.350. The van der Waals surface area contributed by atoms with E-state index in [4.69, 9.17) is 11.6 Å². The molecule has 0 N–H and O–H groups in total. The average Bonchev–Trinajstić information content (AvgIpc) is 2.21. The third-order valence-electron chi connectivity index (χ3n) is 1.91. The van der Waals surface area contributed by atoms with E-state index in [0.717, 1.165) is 0 Å². The monoisotopic (exact) mass is 254 g/mol. The molecule has 0 aliphatic carbocycles. The summed E-state index contributed by atoms with van der Waals surface area (Å²) in [5.41, 5.74) is 0. The van der Waals surface area contributed by atoms with Crippen molar-refractivity contribution in [2.75, 3.05) is 0 Å². The fourth-order valence-corrected chi connectivity index (χ4v) is 1.99. The van der Waals surface area contributed by atoms with E-state index in [9.17, 15) is 13.2 Å². The largest absolute Gasteiger partial charge is 0.281 e. The summed E-state index contributed by atoms with van der Waals surface area (Å²) in [5.74, 6) is 0. The van der Waals surface area contributed by atoms with E-state index in [0.29, 0.717) is 21.7 Å². The van der Waals surface area contributed by atoms with Crippen LogP contribution in [-0.4, -0.2) is 11.4 Å². The van der Waals surface area contributed by atoms with E-state index >= 15 is 0 Å². The van der Waals surface area contributed by atoms with Gasteiger partial charge in [0.25, 0.3) is 6.43 Å². The van der Waals surface area contributed by atoms with Crippen molar-refractivity contribution >= 4 is 23.4 Å². The van der Waals surface area contributed by atoms with Crippen LogP contribution in [-0.2, 0) is 0 Å². The Morgan fingerprint density at radius 3 is 2.27 bits per heavy atom. The van der Waals surface area contributed by atoms with Crippen LogP contribution in [0.4, 0.5) is 13.2 Å². The lowest BCUT2D eigenvalue weighted by molar-refractivity contribution is 0.0253. The fourth-order valence-electron chi connectivity index (χ4n) is 0.970. The third-order valence-corrected chi connectivity index (χ3v) is 3.48. The number of hydrogen-bond acceptors (Lipinski definition) is 1. The Labute approximate surface area is 95.8 Å². The van der Waals surface area contributed by atoms with Gasteiger partial charge in [0.05, 0.1) is 0 Å². The van der Waals surface area contributed by atoms with Gasteiger partial charge in [-0.05, 0) is 30.7 Å². The van der Waals surface area contributed by atoms with Gasteiger partial charge in [0, 0.05) is 9.92 Å². The average molecular weight is 255 g/mol. The number of alkyl halides is 3. The molecule has 0 spiro atoms. The van der Waals surface area contributed by atoms with Crippen molar-refractivity contribution in [2.24, 2.45) is 0 Å². The maximum Gasteiger partial charge on any atom is 0.281 e. The number of rotatable bonds is 4. The minimum absolute atomic E-state index is 0.238. The van der Waals surface area contributed by atoms with Gasteiger partial charge < -0.3 is 0 Å². The standard InChI is InChI=1S/C10H10ClF3S/c1-2-10(14,9(12)13)15-8-5-3-7(11)4-6-8/h3-6,9H,2H2,1H3. The maximum atomic E-state index is 13.6. The molecule has 5 heteroatoms. The first kappa shape index (κ1) is 12.7. The van der Waals surface area contributed by atoms with E-state index in [1.165, 1.54) is 19.1 Å². The van der Waals surface area contributed by atoms with E-state index < -0.39 is 11.4 Å². The van der Waals surface area contributed by atoms with Gasteiger partial charge in [0.1, 0.15) is 0 Å². The highest BCUT2D eigenvalue weighted by molar-refractivity contribution is 8.00. The van der Waals surface area contributed by atoms with Crippen LogP contribution in [0.25, 0.3) is 0 Å². The molecule has 0 amide bonds. The Balaban J connectivity index is 2.79. The van der Waals surface area contributed by atoms with Gasteiger partial charge in [-0.3, -0.25) is 0 Å². The molecule has 15 heavy (non-hydrogen) atoms. The zero-order chi connectivity index (χ0) is 11.5. The van der Waals surface area contributed by atoms with Crippen molar-refractivity contribution in [3.8, 4) is 0 Å². The minimum atomic E-state index is -3.00. The molecule has 0 aliphatic heterocycles. The van der Waals surface area contributed by atoms with Gasteiger partial charge in [0.2, 0.25) is 5.00 Å². The Kier molecular flexibility index (Phi) is 4.34. The van der Waals surface area contributed by atoms with Crippen molar-refractivity contribution in [3.05, 3.63) is 29.3 Å². The van der Waals surface area contributed by atoms with Crippen LogP contribution in [0.15, 0.2) is 29.2 Å². The van der Waals surface area contributed by atoms with Crippen LogP contribution in [0.1, 0.15) is 13.3 Å². The SMILES string of the molecule is CCC(F)(Sc1ccc(Cl)cc1)C(F)F. The summed E-state index contributed by atoms with van der Waals surface area (Å²) in [4.78, 5) is 0.448. The number of hydrogen-bond donors (Lipinski definition) is 0. The molecule has 0 saturated heterocycles. The van der Waals surface area contributed by atoms with E-state index in [1.807, 2.05) is 0 Å². The van der Waals surface area contributed by atoms with Gasteiger partial charge in [-0.15, -0.1) is 0 Å². The van der Waals surface area contributed by atoms with Gasteiger partial charge in [-0.25, -0.2) is 13.2 Å². The van der Waals surface area contributed by atoms with E-state index in [-0.39, 0.29) is 6.42 Å². The molecule has 0 aromatic heterocycles. The van der Waals surface area contributed by atoms with Crippen LogP contribution >= 0.6 is 23.4 Å².